The zero-order valence-electron chi connectivity index (χ0n) is 11.1. The predicted molar refractivity (Wildman–Crippen MR) is 73.6 cm³/mol. The number of nitrogens with zero attached hydrogens (tertiary/aromatic N) is 2. The Labute approximate surface area is 108 Å². The van der Waals surface area contributed by atoms with E-state index in [9.17, 15) is 0 Å². The Bertz CT molecular complexity index is 507. The fourth-order valence-corrected chi connectivity index (χ4v) is 2.24. The van der Waals surface area contributed by atoms with Gasteiger partial charge in [-0.3, -0.25) is 0 Å². The molecule has 0 aliphatic rings. The summed E-state index contributed by atoms with van der Waals surface area (Å²) >= 11 is 0. The standard InChI is InChI=1S/C14H21N3O/c1-3-6-14-16-12-7-4-5-8-13(12)17(14)9-11(15)10-18-2/h4-5,7-8,11H,3,6,9-10,15H2,1-2H3. The van der Waals surface area contributed by atoms with Crippen LogP contribution in [0.3, 0.4) is 0 Å². The normalized spacial score (nSPS) is 13.1. The number of imidazole rings is 1. The first-order chi connectivity index (χ1) is 8.76. The minimum atomic E-state index is 0.00297. The number of hydrogen-bond acceptors (Lipinski definition) is 3. The molecule has 2 aromatic rings. The van der Waals surface area contributed by atoms with Crippen LogP contribution < -0.4 is 5.73 Å². The number of rotatable bonds is 6. The molecule has 98 valence electrons. The third kappa shape index (κ3) is 2.71. The minimum Gasteiger partial charge on any atom is -0.383 e. The van der Waals surface area contributed by atoms with Crippen molar-refractivity contribution < 1.29 is 4.74 Å². The molecule has 0 aliphatic carbocycles. The van der Waals surface area contributed by atoms with Gasteiger partial charge in [0.05, 0.1) is 17.6 Å². The molecular weight excluding hydrogens is 226 g/mol. The molecule has 0 saturated carbocycles. The highest BCUT2D eigenvalue weighted by Crippen LogP contribution is 2.17. The predicted octanol–water partition coefficient (Wildman–Crippen LogP) is 1.96. The van der Waals surface area contributed by atoms with Crippen molar-refractivity contribution in [3.8, 4) is 0 Å². The maximum absolute atomic E-state index is 6.06. The summed E-state index contributed by atoms with van der Waals surface area (Å²) in [5.74, 6) is 1.12. The van der Waals surface area contributed by atoms with Gasteiger partial charge in [-0.1, -0.05) is 19.1 Å². The molecule has 0 aliphatic heterocycles. The van der Waals surface area contributed by atoms with Crippen molar-refractivity contribution in [2.45, 2.75) is 32.4 Å². The van der Waals surface area contributed by atoms with E-state index in [4.69, 9.17) is 10.5 Å². The van der Waals surface area contributed by atoms with Crippen LogP contribution in [-0.2, 0) is 17.7 Å². The molecule has 0 spiro atoms. The molecule has 2 rings (SSSR count). The lowest BCUT2D eigenvalue weighted by atomic mass is 10.2. The lowest BCUT2D eigenvalue weighted by molar-refractivity contribution is 0.174. The van der Waals surface area contributed by atoms with Gasteiger partial charge in [0.1, 0.15) is 5.82 Å². The average molecular weight is 247 g/mol. The second-order valence-electron chi connectivity index (χ2n) is 4.59. The van der Waals surface area contributed by atoms with Crippen LogP contribution >= 0.6 is 0 Å². The first-order valence-corrected chi connectivity index (χ1v) is 6.45. The van der Waals surface area contributed by atoms with Gasteiger partial charge in [-0.05, 0) is 18.6 Å². The second kappa shape index (κ2) is 5.98. The molecule has 0 radical (unpaired) electrons. The van der Waals surface area contributed by atoms with Gasteiger partial charge in [0.25, 0.3) is 0 Å². The van der Waals surface area contributed by atoms with Crippen LogP contribution in [0.2, 0.25) is 0 Å². The van der Waals surface area contributed by atoms with Crippen LogP contribution in [0.4, 0.5) is 0 Å². The fraction of sp³-hybridized carbons (Fsp3) is 0.500. The number of methoxy groups -OCH3 is 1. The van der Waals surface area contributed by atoms with Crippen LogP contribution in [0.1, 0.15) is 19.2 Å². The zero-order chi connectivity index (χ0) is 13.0. The Hall–Kier alpha value is -1.39. The van der Waals surface area contributed by atoms with Gasteiger partial charge in [0, 0.05) is 26.1 Å². The van der Waals surface area contributed by atoms with E-state index in [2.05, 4.69) is 22.5 Å². The van der Waals surface area contributed by atoms with Gasteiger partial charge in [-0.15, -0.1) is 0 Å². The van der Waals surface area contributed by atoms with Gasteiger partial charge in [0.2, 0.25) is 0 Å². The SMILES string of the molecule is CCCc1nc2ccccc2n1CC(N)COC. The highest BCUT2D eigenvalue weighted by atomic mass is 16.5. The zero-order valence-corrected chi connectivity index (χ0v) is 11.1. The Morgan fingerprint density at radius 2 is 2.17 bits per heavy atom. The number of aromatic nitrogens is 2. The van der Waals surface area contributed by atoms with Gasteiger partial charge in [-0.2, -0.15) is 0 Å². The third-order valence-corrected chi connectivity index (χ3v) is 3.01. The second-order valence-corrected chi connectivity index (χ2v) is 4.59. The summed E-state index contributed by atoms with van der Waals surface area (Å²) in [6.07, 6.45) is 2.07. The quantitative estimate of drug-likeness (QED) is 0.849. The van der Waals surface area contributed by atoms with Gasteiger partial charge in [0.15, 0.2) is 0 Å². The first-order valence-electron chi connectivity index (χ1n) is 6.45. The molecule has 4 heteroatoms. The molecule has 0 saturated heterocycles. The van der Waals surface area contributed by atoms with Crippen LogP contribution in [0.15, 0.2) is 24.3 Å². The van der Waals surface area contributed by atoms with Gasteiger partial charge >= 0.3 is 0 Å². The van der Waals surface area contributed by atoms with E-state index in [-0.39, 0.29) is 6.04 Å². The van der Waals surface area contributed by atoms with Crippen molar-refractivity contribution >= 4 is 11.0 Å². The van der Waals surface area contributed by atoms with E-state index >= 15 is 0 Å². The number of nitrogens with two attached hydrogens (primary N) is 1. The minimum absolute atomic E-state index is 0.00297. The largest absolute Gasteiger partial charge is 0.383 e. The molecular formula is C14H21N3O. The molecule has 0 bridgehead atoms. The van der Waals surface area contributed by atoms with Crippen molar-refractivity contribution in [1.29, 1.82) is 0 Å². The van der Waals surface area contributed by atoms with Crippen LogP contribution in [-0.4, -0.2) is 29.3 Å². The Balaban J connectivity index is 2.35. The fourth-order valence-electron chi connectivity index (χ4n) is 2.24. The lowest BCUT2D eigenvalue weighted by Gasteiger charge is -2.14. The lowest BCUT2D eigenvalue weighted by Crippen LogP contribution is -2.31. The molecule has 1 unspecified atom stereocenters. The summed E-state index contributed by atoms with van der Waals surface area (Å²) < 4.78 is 7.33. The van der Waals surface area contributed by atoms with Crippen LogP contribution in [0, 0.1) is 0 Å². The third-order valence-electron chi connectivity index (χ3n) is 3.01. The van der Waals surface area contributed by atoms with E-state index < -0.39 is 0 Å². The molecule has 1 aromatic carbocycles. The molecule has 0 amide bonds. The topological polar surface area (TPSA) is 53.1 Å². The van der Waals surface area contributed by atoms with Gasteiger partial charge in [-0.25, -0.2) is 4.98 Å². The van der Waals surface area contributed by atoms with Crippen molar-refractivity contribution in [2.75, 3.05) is 13.7 Å². The summed E-state index contributed by atoms with van der Waals surface area (Å²) in [6, 6.07) is 8.21. The molecule has 1 atom stereocenters. The number of fused-ring (bicyclic) bond motifs is 1. The summed E-state index contributed by atoms with van der Waals surface area (Å²) in [5.41, 5.74) is 8.26. The molecule has 4 nitrogen and oxygen atoms in total. The number of ether oxygens (including phenoxy) is 1. The Morgan fingerprint density at radius 3 is 2.89 bits per heavy atom. The number of hydrogen-bond donors (Lipinski definition) is 1. The van der Waals surface area contributed by atoms with E-state index in [1.54, 1.807) is 7.11 Å². The Kier molecular flexibility index (Phi) is 4.33. The summed E-state index contributed by atoms with van der Waals surface area (Å²) in [6.45, 7) is 3.49. The van der Waals surface area contributed by atoms with E-state index in [1.165, 1.54) is 0 Å². The molecule has 0 fully saturated rings. The highest BCUT2D eigenvalue weighted by Gasteiger charge is 2.12. The molecule has 2 N–H and O–H groups in total. The van der Waals surface area contributed by atoms with E-state index in [1.807, 2.05) is 18.2 Å². The molecule has 1 aromatic heterocycles. The summed E-state index contributed by atoms with van der Waals surface area (Å²) in [4.78, 5) is 4.68. The van der Waals surface area contributed by atoms with Crippen molar-refractivity contribution in [3.05, 3.63) is 30.1 Å². The number of para-hydroxylation sites is 2. The van der Waals surface area contributed by atoms with Crippen LogP contribution in [0.25, 0.3) is 11.0 Å². The van der Waals surface area contributed by atoms with E-state index in [0.717, 1.165) is 36.2 Å². The van der Waals surface area contributed by atoms with E-state index in [0.29, 0.717) is 6.61 Å². The van der Waals surface area contributed by atoms with Crippen molar-refractivity contribution in [3.63, 3.8) is 0 Å². The summed E-state index contributed by atoms with van der Waals surface area (Å²) in [5, 5.41) is 0. The maximum Gasteiger partial charge on any atom is 0.109 e. The monoisotopic (exact) mass is 247 g/mol. The average Bonchev–Trinajstić information content (AvgIpc) is 2.69. The summed E-state index contributed by atoms with van der Waals surface area (Å²) in [7, 11) is 1.68. The van der Waals surface area contributed by atoms with Crippen LogP contribution in [0.5, 0.6) is 0 Å². The Morgan fingerprint density at radius 1 is 1.39 bits per heavy atom. The molecule has 1 heterocycles. The van der Waals surface area contributed by atoms with Gasteiger partial charge < -0.3 is 15.0 Å². The van der Waals surface area contributed by atoms with Crippen molar-refractivity contribution in [1.82, 2.24) is 9.55 Å². The maximum atomic E-state index is 6.06. The molecule has 18 heavy (non-hydrogen) atoms. The number of aryl methyl sites for hydroxylation is 1. The van der Waals surface area contributed by atoms with Crippen molar-refractivity contribution in [2.24, 2.45) is 5.73 Å². The smallest absolute Gasteiger partial charge is 0.109 e. The first kappa shape index (κ1) is 13.1. The number of benzene rings is 1. The highest BCUT2D eigenvalue weighted by molar-refractivity contribution is 5.75.